The summed E-state index contributed by atoms with van der Waals surface area (Å²) in [5.41, 5.74) is 0.557. The third kappa shape index (κ3) is 2.35. The molecule has 2 aromatic rings. The first-order valence-corrected chi connectivity index (χ1v) is 4.61. The van der Waals surface area contributed by atoms with E-state index in [1.807, 2.05) is 0 Å². The minimum absolute atomic E-state index is 0.123. The van der Waals surface area contributed by atoms with Gasteiger partial charge in [0.05, 0.1) is 6.20 Å². The fraction of sp³-hybridized carbons (Fsp3) is 0.0909. The van der Waals surface area contributed by atoms with E-state index in [0.717, 1.165) is 6.20 Å². The molecule has 0 aliphatic carbocycles. The monoisotopic (exact) mass is 241 g/mol. The van der Waals surface area contributed by atoms with Crippen molar-refractivity contribution in [2.75, 3.05) is 0 Å². The fourth-order valence-electron chi connectivity index (χ4n) is 1.24. The van der Waals surface area contributed by atoms with Gasteiger partial charge in [-0.05, 0) is 0 Å². The van der Waals surface area contributed by atoms with Gasteiger partial charge in [-0.1, -0.05) is 30.3 Å². The predicted molar refractivity (Wildman–Crippen MR) is 52.3 cm³/mol. The number of hydrogen-bond donors (Lipinski definition) is 0. The molecule has 1 aromatic carbocycles. The van der Waals surface area contributed by atoms with Crippen molar-refractivity contribution in [1.29, 1.82) is 0 Å². The van der Waals surface area contributed by atoms with Gasteiger partial charge in [0.2, 0.25) is 0 Å². The highest BCUT2D eigenvalue weighted by molar-refractivity contribution is 5.96. The number of halogens is 3. The summed E-state index contributed by atoms with van der Waals surface area (Å²) >= 11 is 0. The largest absolute Gasteiger partial charge is 0.459 e. The average molecular weight is 241 g/mol. The molecule has 0 atom stereocenters. The standard InChI is InChI=1S/C11H6F3NO2/c12-11(13,14)9(16)10-15-6-8(17-10)7-4-2-1-3-5-7/h1-6H. The fourth-order valence-corrected chi connectivity index (χ4v) is 1.24. The molecule has 0 bridgehead atoms. The van der Waals surface area contributed by atoms with E-state index in [1.54, 1.807) is 30.3 Å². The molecule has 0 unspecified atom stereocenters. The van der Waals surface area contributed by atoms with Crippen molar-refractivity contribution < 1.29 is 22.4 Å². The van der Waals surface area contributed by atoms with E-state index in [0.29, 0.717) is 5.56 Å². The zero-order valence-electron chi connectivity index (χ0n) is 8.36. The van der Waals surface area contributed by atoms with Crippen LogP contribution in [0.2, 0.25) is 0 Å². The van der Waals surface area contributed by atoms with Crippen LogP contribution in [0.5, 0.6) is 0 Å². The van der Waals surface area contributed by atoms with Crippen molar-refractivity contribution in [3.63, 3.8) is 0 Å². The molecule has 3 nitrogen and oxygen atoms in total. The lowest BCUT2D eigenvalue weighted by molar-refractivity contribution is -0.0902. The van der Waals surface area contributed by atoms with Crippen LogP contribution >= 0.6 is 0 Å². The lowest BCUT2D eigenvalue weighted by Gasteiger charge is -2.00. The zero-order valence-corrected chi connectivity index (χ0v) is 8.36. The summed E-state index contributed by atoms with van der Waals surface area (Å²) in [4.78, 5) is 14.2. The van der Waals surface area contributed by atoms with E-state index in [-0.39, 0.29) is 5.76 Å². The lowest BCUT2D eigenvalue weighted by Crippen LogP contribution is -2.22. The topological polar surface area (TPSA) is 43.1 Å². The Labute approximate surface area is 93.9 Å². The van der Waals surface area contributed by atoms with Crippen LogP contribution in [0.15, 0.2) is 40.9 Å². The van der Waals surface area contributed by atoms with Crippen molar-refractivity contribution in [1.82, 2.24) is 4.98 Å². The number of Topliss-reactive ketones (excluding diaryl/α,β-unsaturated/α-hetero) is 1. The highest BCUT2D eigenvalue weighted by atomic mass is 19.4. The van der Waals surface area contributed by atoms with Crippen LogP contribution in [0, 0.1) is 0 Å². The molecule has 0 fully saturated rings. The van der Waals surface area contributed by atoms with Gasteiger partial charge in [0, 0.05) is 5.56 Å². The molecule has 88 valence electrons. The Morgan fingerprint density at radius 2 is 1.82 bits per heavy atom. The summed E-state index contributed by atoms with van der Waals surface area (Å²) in [6.07, 6.45) is -3.88. The molecule has 1 aromatic heterocycles. The van der Waals surface area contributed by atoms with Gasteiger partial charge in [0.25, 0.3) is 5.89 Å². The van der Waals surface area contributed by atoms with E-state index in [1.165, 1.54) is 0 Å². The summed E-state index contributed by atoms with van der Waals surface area (Å²) < 4.78 is 41.1. The Kier molecular flexibility index (Phi) is 2.71. The second kappa shape index (κ2) is 4.04. The molecule has 0 N–H and O–H groups in total. The summed E-state index contributed by atoms with van der Waals surface area (Å²) in [5.74, 6) is -2.91. The van der Waals surface area contributed by atoms with Crippen molar-refractivity contribution in [2.45, 2.75) is 6.18 Å². The maximum Gasteiger partial charge on any atom is 0.459 e. The Hall–Kier alpha value is -2.11. The molecular formula is C11H6F3NO2. The highest BCUT2D eigenvalue weighted by Crippen LogP contribution is 2.25. The third-order valence-corrected chi connectivity index (χ3v) is 2.02. The number of ketones is 1. The second-order valence-electron chi connectivity index (χ2n) is 3.22. The SMILES string of the molecule is O=C(c1ncc(-c2ccccc2)o1)C(F)(F)F. The summed E-state index contributed by atoms with van der Waals surface area (Å²) in [6, 6.07) is 8.43. The number of aromatic nitrogens is 1. The maximum absolute atomic E-state index is 12.1. The molecule has 6 heteroatoms. The Morgan fingerprint density at radius 1 is 1.18 bits per heavy atom. The van der Waals surface area contributed by atoms with Gasteiger partial charge >= 0.3 is 12.0 Å². The van der Waals surface area contributed by atoms with E-state index >= 15 is 0 Å². The van der Waals surface area contributed by atoms with E-state index < -0.39 is 17.9 Å². The van der Waals surface area contributed by atoms with Crippen LogP contribution in [-0.4, -0.2) is 16.9 Å². The summed E-state index contributed by atoms with van der Waals surface area (Å²) in [6.45, 7) is 0. The number of rotatable bonds is 2. The first kappa shape index (κ1) is 11.4. The molecule has 0 aliphatic heterocycles. The number of alkyl halides is 3. The lowest BCUT2D eigenvalue weighted by atomic mass is 10.2. The van der Waals surface area contributed by atoms with Crippen molar-refractivity contribution in [3.8, 4) is 11.3 Å². The zero-order chi connectivity index (χ0) is 12.5. The second-order valence-corrected chi connectivity index (χ2v) is 3.22. The molecule has 0 amide bonds. The third-order valence-electron chi connectivity index (χ3n) is 2.02. The smallest absolute Gasteiger partial charge is 0.433 e. The summed E-state index contributed by atoms with van der Waals surface area (Å²) in [7, 11) is 0. The van der Waals surface area contributed by atoms with Gasteiger partial charge in [-0.2, -0.15) is 13.2 Å². The quantitative estimate of drug-likeness (QED) is 0.759. The van der Waals surface area contributed by atoms with Crippen LogP contribution in [0.1, 0.15) is 10.7 Å². The molecule has 17 heavy (non-hydrogen) atoms. The minimum atomic E-state index is -4.97. The van der Waals surface area contributed by atoms with Gasteiger partial charge < -0.3 is 4.42 Å². The van der Waals surface area contributed by atoms with Crippen LogP contribution in [0.3, 0.4) is 0 Å². The predicted octanol–water partition coefficient (Wildman–Crippen LogP) is 3.09. The van der Waals surface area contributed by atoms with E-state index in [9.17, 15) is 18.0 Å². The number of carbonyl (C=O) groups excluding carboxylic acids is 1. The number of benzene rings is 1. The van der Waals surface area contributed by atoms with Gasteiger partial charge in [-0.25, -0.2) is 4.98 Å². The molecule has 1 heterocycles. The number of oxazole rings is 1. The molecular weight excluding hydrogens is 235 g/mol. The van der Waals surface area contributed by atoms with Crippen LogP contribution < -0.4 is 0 Å². The maximum atomic E-state index is 12.1. The van der Waals surface area contributed by atoms with Crippen LogP contribution in [0.4, 0.5) is 13.2 Å². The molecule has 0 saturated carbocycles. The highest BCUT2D eigenvalue weighted by Gasteiger charge is 2.42. The Bertz CT molecular complexity index is 531. The van der Waals surface area contributed by atoms with Gasteiger partial charge in [-0.3, -0.25) is 4.79 Å². The van der Waals surface area contributed by atoms with Gasteiger partial charge in [-0.15, -0.1) is 0 Å². The Morgan fingerprint density at radius 3 is 2.41 bits per heavy atom. The minimum Gasteiger partial charge on any atom is -0.433 e. The van der Waals surface area contributed by atoms with E-state index in [4.69, 9.17) is 4.42 Å². The molecule has 0 spiro atoms. The molecule has 2 rings (SSSR count). The molecule has 0 saturated heterocycles. The Balaban J connectivity index is 2.32. The van der Waals surface area contributed by atoms with Crippen molar-refractivity contribution >= 4 is 5.78 Å². The normalized spacial score (nSPS) is 11.5. The molecule has 0 aliphatic rings. The van der Waals surface area contributed by atoms with Crippen LogP contribution in [0.25, 0.3) is 11.3 Å². The first-order valence-electron chi connectivity index (χ1n) is 4.61. The van der Waals surface area contributed by atoms with Crippen LogP contribution in [-0.2, 0) is 0 Å². The van der Waals surface area contributed by atoms with Crippen molar-refractivity contribution in [3.05, 3.63) is 42.4 Å². The average Bonchev–Trinajstić information content (AvgIpc) is 2.77. The van der Waals surface area contributed by atoms with E-state index in [2.05, 4.69) is 4.98 Å². The summed E-state index contributed by atoms with van der Waals surface area (Å²) in [5, 5.41) is 0. The van der Waals surface area contributed by atoms with Gasteiger partial charge in [0.1, 0.15) is 0 Å². The molecule has 0 radical (unpaired) electrons. The first-order chi connectivity index (χ1) is 7.98. The van der Waals surface area contributed by atoms with Gasteiger partial charge in [0.15, 0.2) is 5.76 Å². The number of carbonyl (C=O) groups is 1. The number of hydrogen-bond acceptors (Lipinski definition) is 3. The van der Waals surface area contributed by atoms with Crippen molar-refractivity contribution in [2.24, 2.45) is 0 Å². The number of nitrogens with zero attached hydrogens (tertiary/aromatic N) is 1.